The number of anilines is 1. The average Bonchev–Trinajstić information content (AvgIpc) is 3.21. The summed E-state index contributed by atoms with van der Waals surface area (Å²) >= 11 is 0. The molecule has 7 heteroatoms. The lowest BCUT2D eigenvalue weighted by Crippen LogP contribution is -2.29. The van der Waals surface area contributed by atoms with Gasteiger partial charge in [-0.3, -0.25) is 14.9 Å². The number of nitrogens with zero attached hydrogens (tertiary/aromatic N) is 3. The number of hydrogen-bond donors (Lipinski definition) is 3. The molecule has 0 bridgehead atoms. The van der Waals surface area contributed by atoms with E-state index in [-0.39, 0.29) is 5.91 Å². The third-order valence-electron chi connectivity index (χ3n) is 3.43. The lowest BCUT2D eigenvalue weighted by atomic mass is 10.3. The monoisotopic (exact) mass is 310 g/mol. The lowest BCUT2D eigenvalue weighted by molar-refractivity contribution is 0.0950. The van der Waals surface area contributed by atoms with E-state index in [0.29, 0.717) is 18.8 Å². The second kappa shape index (κ2) is 6.78. The molecule has 0 atom stereocenters. The molecule has 1 amide bonds. The number of amides is 1. The van der Waals surface area contributed by atoms with Crippen LogP contribution in [0.2, 0.25) is 0 Å². The second-order valence-electron chi connectivity index (χ2n) is 5.10. The number of rotatable bonds is 6. The molecule has 0 aliphatic rings. The maximum absolute atomic E-state index is 12.1. The molecule has 0 aliphatic carbocycles. The third-order valence-corrected chi connectivity index (χ3v) is 3.43. The van der Waals surface area contributed by atoms with E-state index < -0.39 is 0 Å². The number of carbonyl (C=O) groups excluding carboxylic acids is 1. The van der Waals surface area contributed by atoms with Crippen molar-refractivity contribution in [3.05, 3.63) is 54.6 Å². The molecule has 3 aromatic heterocycles. The molecule has 0 aliphatic heterocycles. The molecule has 0 radical (unpaired) electrons. The molecule has 0 unspecified atom stereocenters. The molecule has 3 heterocycles. The maximum atomic E-state index is 12.1. The number of aromatic nitrogens is 4. The molecule has 3 aromatic rings. The Labute approximate surface area is 133 Å². The first kappa shape index (κ1) is 14.8. The predicted molar refractivity (Wildman–Crippen MR) is 88.1 cm³/mol. The van der Waals surface area contributed by atoms with E-state index in [2.05, 4.69) is 25.8 Å². The Balaban J connectivity index is 1.51. The van der Waals surface area contributed by atoms with Crippen LogP contribution in [0.15, 0.2) is 48.9 Å². The molecule has 7 nitrogen and oxygen atoms in total. The molecule has 0 saturated heterocycles. The van der Waals surface area contributed by atoms with Crippen LogP contribution in [0, 0.1) is 0 Å². The van der Waals surface area contributed by atoms with Gasteiger partial charge in [-0.1, -0.05) is 0 Å². The standard InChI is InChI=1S/C16H18N6O/c1-22-9-3-5-15(22)13-10-14(21-20-13)16(23)19-8-7-18-12-4-2-6-17-11-12/h2-6,9-11,18H,7-8H2,1H3,(H,19,23)(H,20,21). The number of pyridine rings is 1. The lowest BCUT2D eigenvalue weighted by Gasteiger charge is -2.06. The Morgan fingerprint density at radius 1 is 1.30 bits per heavy atom. The summed E-state index contributed by atoms with van der Waals surface area (Å²) in [5.74, 6) is -0.175. The van der Waals surface area contributed by atoms with Gasteiger partial charge in [0.1, 0.15) is 11.4 Å². The Morgan fingerprint density at radius 2 is 2.22 bits per heavy atom. The molecule has 118 valence electrons. The van der Waals surface area contributed by atoms with Crippen LogP contribution < -0.4 is 10.6 Å². The van der Waals surface area contributed by atoms with Gasteiger partial charge < -0.3 is 15.2 Å². The van der Waals surface area contributed by atoms with Gasteiger partial charge in [-0.15, -0.1) is 0 Å². The SMILES string of the molecule is Cn1cccc1-c1cc(C(=O)NCCNc2cccnc2)[nH]n1. The molecule has 0 aromatic carbocycles. The van der Waals surface area contributed by atoms with Crippen LogP contribution >= 0.6 is 0 Å². The summed E-state index contributed by atoms with van der Waals surface area (Å²) in [6, 6.07) is 9.43. The van der Waals surface area contributed by atoms with Gasteiger partial charge in [-0.25, -0.2) is 0 Å². The van der Waals surface area contributed by atoms with Gasteiger partial charge in [0.25, 0.3) is 5.91 Å². The molecule has 23 heavy (non-hydrogen) atoms. The van der Waals surface area contributed by atoms with E-state index in [0.717, 1.165) is 17.1 Å². The molecular formula is C16H18N6O. The van der Waals surface area contributed by atoms with Gasteiger partial charge in [-0.2, -0.15) is 5.10 Å². The van der Waals surface area contributed by atoms with Crippen LogP contribution in [0.25, 0.3) is 11.4 Å². The van der Waals surface area contributed by atoms with Crippen molar-refractivity contribution in [1.82, 2.24) is 25.1 Å². The number of hydrogen-bond acceptors (Lipinski definition) is 4. The summed E-state index contributed by atoms with van der Waals surface area (Å²) in [4.78, 5) is 16.1. The largest absolute Gasteiger partial charge is 0.382 e. The van der Waals surface area contributed by atoms with E-state index in [1.165, 1.54) is 0 Å². The van der Waals surface area contributed by atoms with Crippen molar-refractivity contribution in [2.24, 2.45) is 7.05 Å². The van der Waals surface area contributed by atoms with Crippen molar-refractivity contribution >= 4 is 11.6 Å². The molecular weight excluding hydrogens is 292 g/mol. The van der Waals surface area contributed by atoms with Crippen LogP contribution in [0.1, 0.15) is 10.5 Å². The molecule has 3 N–H and O–H groups in total. The quantitative estimate of drug-likeness (QED) is 0.604. The van der Waals surface area contributed by atoms with Crippen molar-refractivity contribution in [1.29, 1.82) is 0 Å². The number of carbonyl (C=O) groups is 1. The zero-order chi connectivity index (χ0) is 16.1. The second-order valence-corrected chi connectivity index (χ2v) is 5.10. The fourth-order valence-electron chi connectivity index (χ4n) is 2.24. The van der Waals surface area contributed by atoms with Gasteiger partial charge in [0.05, 0.1) is 11.4 Å². The first-order chi connectivity index (χ1) is 11.2. The normalized spacial score (nSPS) is 10.5. The van der Waals surface area contributed by atoms with E-state index in [1.54, 1.807) is 18.5 Å². The van der Waals surface area contributed by atoms with Crippen LogP contribution in [0.5, 0.6) is 0 Å². The number of H-pyrrole nitrogens is 1. The van der Waals surface area contributed by atoms with E-state index in [1.807, 2.05) is 42.1 Å². The van der Waals surface area contributed by atoms with Crippen LogP contribution in [-0.4, -0.2) is 38.7 Å². The topological polar surface area (TPSA) is 87.6 Å². The van der Waals surface area contributed by atoms with Crippen LogP contribution in [-0.2, 0) is 7.05 Å². The van der Waals surface area contributed by atoms with E-state index in [4.69, 9.17) is 0 Å². The summed E-state index contributed by atoms with van der Waals surface area (Å²) in [5, 5.41) is 13.0. The zero-order valence-electron chi connectivity index (χ0n) is 12.8. The zero-order valence-corrected chi connectivity index (χ0v) is 12.8. The Bertz CT molecular complexity index is 777. The molecule has 0 spiro atoms. The summed E-state index contributed by atoms with van der Waals surface area (Å²) < 4.78 is 1.95. The molecule has 0 fully saturated rings. The number of aromatic amines is 1. The first-order valence-corrected chi connectivity index (χ1v) is 7.33. The molecule has 0 saturated carbocycles. The minimum Gasteiger partial charge on any atom is -0.382 e. The van der Waals surface area contributed by atoms with Crippen molar-refractivity contribution in [3.8, 4) is 11.4 Å². The van der Waals surface area contributed by atoms with Crippen LogP contribution in [0.4, 0.5) is 5.69 Å². The van der Waals surface area contributed by atoms with Crippen molar-refractivity contribution in [2.45, 2.75) is 0 Å². The van der Waals surface area contributed by atoms with Crippen molar-refractivity contribution in [2.75, 3.05) is 18.4 Å². The summed E-state index contributed by atoms with van der Waals surface area (Å²) in [7, 11) is 1.94. The first-order valence-electron chi connectivity index (χ1n) is 7.33. The highest BCUT2D eigenvalue weighted by Gasteiger charge is 2.11. The third kappa shape index (κ3) is 3.57. The average molecular weight is 310 g/mol. The minimum absolute atomic E-state index is 0.175. The van der Waals surface area contributed by atoms with Crippen molar-refractivity contribution < 1.29 is 4.79 Å². The van der Waals surface area contributed by atoms with Gasteiger partial charge in [0.15, 0.2) is 0 Å². The summed E-state index contributed by atoms with van der Waals surface area (Å²) in [5.41, 5.74) is 3.08. The fourth-order valence-corrected chi connectivity index (χ4v) is 2.24. The smallest absolute Gasteiger partial charge is 0.269 e. The Hall–Kier alpha value is -3.09. The van der Waals surface area contributed by atoms with Crippen LogP contribution in [0.3, 0.4) is 0 Å². The Morgan fingerprint density at radius 3 is 2.96 bits per heavy atom. The van der Waals surface area contributed by atoms with Gasteiger partial charge in [-0.05, 0) is 30.3 Å². The maximum Gasteiger partial charge on any atom is 0.269 e. The van der Waals surface area contributed by atoms with Crippen molar-refractivity contribution in [3.63, 3.8) is 0 Å². The Kier molecular flexibility index (Phi) is 4.37. The summed E-state index contributed by atoms with van der Waals surface area (Å²) in [6.45, 7) is 1.13. The predicted octanol–water partition coefficient (Wildman–Crippen LogP) is 1.65. The summed E-state index contributed by atoms with van der Waals surface area (Å²) in [6.07, 6.45) is 5.40. The number of nitrogens with one attached hydrogen (secondary N) is 3. The van der Waals surface area contributed by atoms with E-state index in [9.17, 15) is 4.79 Å². The number of aryl methyl sites for hydroxylation is 1. The van der Waals surface area contributed by atoms with Gasteiger partial charge in [0.2, 0.25) is 0 Å². The highest BCUT2D eigenvalue weighted by Crippen LogP contribution is 2.17. The highest BCUT2D eigenvalue weighted by molar-refractivity contribution is 5.93. The highest BCUT2D eigenvalue weighted by atomic mass is 16.1. The van der Waals surface area contributed by atoms with E-state index >= 15 is 0 Å². The van der Waals surface area contributed by atoms with Gasteiger partial charge in [0, 0.05) is 38.7 Å². The minimum atomic E-state index is -0.175. The molecule has 3 rings (SSSR count). The van der Waals surface area contributed by atoms with Gasteiger partial charge >= 0.3 is 0 Å². The fraction of sp³-hybridized carbons (Fsp3) is 0.188.